The average Bonchev–Trinajstić information content (AvgIpc) is 2.88. The Kier molecular flexibility index (Phi) is 3.82. The fourth-order valence-corrected chi connectivity index (χ4v) is 2.59. The Balaban J connectivity index is 2.13. The molecule has 0 aliphatic rings. The number of nitrogens with zero attached hydrogens (tertiary/aromatic N) is 2. The summed E-state index contributed by atoms with van der Waals surface area (Å²) >= 11 is 6.21. The highest BCUT2D eigenvalue weighted by Crippen LogP contribution is 2.28. The number of benzene rings is 1. The summed E-state index contributed by atoms with van der Waals surface area (Å²) in [5, 5.41) is 0.615. The lowest BCUT2D eigenvalue weighted by atomic mass is 10.1. The van der Waals surface area contributed by atoms with Gasteiger partial charge < -0.3 is 14.9 Å². The third kappa shape index (κ3) is 2.48. The number of aromatic nitrogens is 2. The van der Waals surface area contributed by atoms with E-state index in [-0.39, 0.29) is 0 Å². The molecule has 5 heteroatoms. The fourth-order valence-electron chi connectivity index (χ4n) is 2.39. The van der Waals surface area contributed by atoms with E-state index in [0.717, 1.165) is 28.3 Å². The van der Waals surface area contributed by atoms with Crippen molar-refractivity contribution in [3.63, 3.8) is 0 Å². The first kappa shape index (κ1) is 13.9. The Hall–Kier alpha value is -2.04. The Labute approximate surface area is 128 Å². The van der Waals surface area contributed by atoms with E-state index in [2.05, 4.69) is 4.98 Å². The van der Waals surface area contributed by atoms with Crippen LogP contribution in [0.1, 0.15) is 12.6 Å². The lowest BCUT2D eigenvalue weighted by Gasteiger charge is -2.05. The molecule has 3 rings (SSSR count). The summed E-state index contributed by atoms with van der Waals surface area (Å²) in [4.78, 5) is 4.64. The van der Waals surface area contributed by atoms with Crippen LogP contribution in [0.3, 0.4) is 0 Å². The second-order valence-electron chi connectivity index (χ2n) is 4.62. The summed E-state index contributed by atoms with van der Waals surface area (Å²) in [7, 11) is 0. The van der Waals surface area contributed by atoms with Gasteiger partial charge in [0, 0.05) is 18.3 Å². The summed E-state index contributed by atoms with van der Waals surface area (Å²) in [6.07, 6.45) is 1.93. The minimum absolute atomic E-state index is 0.393. The van der Waals surface area contributed by atoms with Gasteiger partial charge in [0.15, 0.2) is 5.65 Å². The number of pyridine rings is 1. The van der Waals surface area contributed by atoms with Crippen LogP contribution < -0.4 is 10.5 Å². The Morgan fingerprint density at radius 3 is 2.67 bits per heavy atom. The van der Waals surface area contributed by atoms with Crippen molar-refractivity contribution in [1.29, 1.82) is 0 Å². The topological polar surface area (TPSA) is 52.5 Å². The van der Waals surface area contributed by atoms with Crippen molar-refractivity contribution in [2.24, 2.45) is 5.73 Å². The first-order valence-corrected chi connectivity index (χ1v) is 7.21. The monoisotopic (exact) mass is 301 g/mol. The Morgan fingerprint density at radius 1 is 1.24 bits per heavy atom. The molecule has 0 bridgehead atoms. The molecule has 2 N–H and O–H groups in total. The molecule has 0 saturated carbocycles. The van der Waals surface area contributed by atoms with Crippen LogP contribution in [0.15, 0.2) is 42.6 Å². The van der Waals surface area contributed by atoms with Crippen molar-refractivity contribution in [1.82, 2.24) is 9.38 Å². The largest absolute Gasteiger partial charge is 0.494 e. The summed E-state index contributed by atoms with van der Waals surface area (Å²) in [5.74, 6) is 0.845. The Morgan fingerprint density at radius 2 is 2.00 bits per heavy atom. The molecule has 0 spiro atoms. The molecule has 108 valence electrons. The van der Waals surface area contributed by atoms with Crippen molar-refractivity contribution in [2.75, 3.05) is 6.61 Å². The van der Waals surface area contributed by atoms with Crippen LogP contribution in [0.4, 0.5) is 0 Å². The molecule has 1 aromatic carbocycles. The SMILES string of the molecule is CCOc1ccc(-c2nc3c(Cl)cccn3c2CN)cc1. The lowest BCUT2D eigenvalue weighted by Crippen LogP contribution is -2.02. The van der Waals surface area contributed by atoms with Gasteiger partial charge in [-0.25, -0.2) is 4.98 Å². The minimum Gasteiger partial charge on any atom is -0.494 e. The van der Waals surface area contributed by atoms with Gasteiger partial charge in [0.1, 0.15) is 5.75 Å². The third-order valence-electron chi connectivity index (χ3n) is 3.33. The zero-order valence-corrected chi connectivity index (χ0v) is 12.5. The van der Waals surface area contributed by atoms with Crippen LogP contribution in [0.5, 0.6) is 5.75 Å². The minimum atomic E-state index is 0.393. The first-order valence-electron chi connectivity index (χ1n) is 6.83. The van der Waals surface area contributed by atoms with Gasteiger partial charge in [-0.15, -0.1) is 0 Å². The smallest absolute Gasteiger partial charge is 0.156 e. The number of fused-ring (bicyclic) bond motifs is 1. The van der Waals surface area contributed by atoms with E-state index >= 15 is 0 Å². The van der Waals surface area contributed by atoms with Crippen molar-refractivity contribution in [3.05, 3.63) is 53.3 Å². The molecule has 2 aromatic heterocycles. The van der Waals surface area contributed by atoms with Gasteiger partial charge in [0.25, 0.3) is 0 Å². The molecular weight excluding hydrogens is 286 g/mol. The molecule has 0 amide bonds. The number of nitrogens with two attached hydrogens (primary N) is 1. The average molecular weight is 302 g/mol. The number of ether oxygens (including phenoxy) is 1. The maximum atomic E-state index is 6.21. The second kappa shape index (κ2) is 5.76. The van der Waals surface area contributed by atoms with Gasteiger partial charge in [-0.2, -0.15) is 0 Å². The highest BCUT2D eigenvalue weighted by Gasteiger charge is 2.14. The van der Waals surface area contributed by atoms with E-state index in [1.807, 2.05) is 53.9 Å². The highest BCUT2D eigenvalue weighted by atomic mass is 35.5. The number of halogens is 1. The van der Waals surface area contributed by atoms with Crippen LogP contribution >= 0.6 is 11.6 Å². The zero-order valence-electron chi connectivity index (χ0n) is 11.7. The van der Waals surface area contributed by atoms with Crippen LogP contribution in [0.2, 0.25) is 5.02 Å². The highest BCUT2D eigenvalue weighted by molar-refractivity contribution is 6.33. The molecule has 4 nitrogen and oxygen atoms in total. The normalized spacial score (nSPS) is 11.0. The molecular formula is C16H16ClN3O. The maximum absolute atomic E-state index is 6.21. The van der Waals surface area contributed by atoms with Crippen molar-refractivity contribution >= 4 is 17.2 Å². The predicted molar refractivity (Wildman–Crippen MR) is 84.7 cm³/mol. The summed E-state index contributed by atoms with van der Waals surface area (Å²) in [5.41, 5.74) is 9.42. The van der Waals surface area contributed by atoms with Crippen molar-refractivity contribution in [2.45, 2.75) is 13.5 Å². The van der Waals surface area contributed by atoms with Crippen LogP contribution in [-0.2, 0) is 6.54 Å². The molecule has 2 heterocycles. The van der Waals surface area contributed by atoms with Gasteiger partial charge in [0.05, 0.1) is 23.0 Å². The molecule has 0 saturated heterocycles. The summed E-state index contributed by atoms with van der Waals surface area (Å²) < 4.78 is 7.40. The van der Waals surface area contributed by atoms with E-state index in [9.17, 15) is 0 Å². The number of hydrogen-bond donors (Lipinski definition) is 1. The third-order valence-corrected chi connectivity index (χ3v) is 3.63. The van der Waals surface area contributed by atoms with Crippen LogP contribution in [-0.4, -0.2) is 16.0 Å². The fraction of sp³-hybridized carbons (Fsp3) is 0.188. The Bertz CT molecular complexity index is 765. The quantitative estimate of drug-likeness (QED) is 0.802. The van der Waals surface area contributed by atoms with E-state index < -0.39 is 0 Å². The second-order valence-corrected chi connectivity index (χ2v) is 5.03. The maximum Gasteiger partial charge on any atom is 0.156 e. The molecule has 0 aliphatic carbocycles. The first-order chi connectivity index (χ1) is 10.2. The molecule has 0 unspecified atom stereocenters. The van der Waals surface area contributed by atoms with Gasteiger partial charge >= 0.3 is 0 Å². The summed E-state index contributed by atoms with van der Waals surface area (Å²) in [6.45, 7) is 3.01. The molecule has 0 fully saturated rings. The van der Waals surface area contributed by atoms with E-state index in [1.54, 1.807) is 0 Å². The zero-order chi connectivity index (χ0) is 14.8. The van der Waals surface area contributed by atoms with Gasteiger partial charge in [-0.3, -0.25) is 0 Å². The standard InChI is InChI=1S/C16H16ClN3O/c1-2-21-12-7-5-11(6-8-12)15-14(10-18)20-9-3-4-13(17)16(20)19-15/h3-9H,2,10,18H2,1H3. The van der Waals surface area contributed by atoms with Gasteiger partial charge in [0.2, 0.25) is 0 Å². The van der Waals surface area contributed by atoms with E-state index in [1.165, 1.54) is 0 Å². The van der Waals surface area contributed by atoms with Gasteiger partial charge in [-0.05, 0) is 43.3 Å². The van der Waals surface area contributed by atoms with Crippen molar-refractivity contribution in [3.8, 4) is 17.0 Å². The lowest BCUT2D eigenvalue weighted by molar-refractivity contribution is 0.340. The number of imidazole rings is 1. The van der Waals surface area contributed by atoms with Gasteiger partial charge in [-0.1, -0.05) is 11.6 Å². The van der Waals surface area contributed by atoms with Crippen LogP contribution in [0.25, 0.3) is 16.9 Å². The van der Waals surface area contributed by atoms with E-state index in [0.29, 0.717) is 18.2 Å². The molecule has 3 aromatic rings. The predicted octanol–water partition coefficient (Wildman–Crippen LogP) is 3.51. The van der Waals surface area contributed by atoms with Crippen molar-refractivity contribution < 1.29 is 4.74 Å². The number of hydrogen-bond acceptors (Lipinski definition) is 3. The van der Waals surface area contributed by atoms with E-state index in [4.69, 9.17) is 22.1 Å². The summed E-state index contributed by atoms with van der Waals surface area (Å²) in [6, 6.07) is 11.6. The molecule has 0 atom stereocenters. The number of rotatable bonds is 4. The molecule has 21 heavy (non-hydrogen) atoms. The molecule has 0 radical (unpaired) electrons. The van der Waals surface area contributed by atoms with Crippen LogP contribution in [0, 0.1) is 0 Å². The molecule has 0 aliphatic heterocycles.